The van der Waals surface area contributed by atoms with Gasteiger partial charge in [0.2, 0.25) is 5.91 Å². The van der Waals surface area contributed by atoms with Crippen LogP contribution in [0.3, 0.4) is 0 Å². The molecule has 0 saturated carbocycles. The van der Waals surface area contributed by atoms with Gasteiger partial charge in [0.25, 0.3) is 0 Å². The Kier molecular flexibility index (Phi) is 5.03. The van der Waals surface area contributed by atoms with Crippen LogP contribution in [-0.4, -0.2) is 10.9 Å². The molecule has 3 nitrogen and oxygen atoms in total. The van der Waals surface area contributed by atoms with Gasteiger partial charge in [-0.3, -0.25) is 9.78 Å². The van der Waals surface area contributed by atoms with Crippen LogP contribution < -0.4 is 5.32 Å². The Labute approximate surface area is 172 Å². The van der Waals surface area contributed by atoms with Crippen LogP contribution in [-0.2, 0) is 4.79 Å². The minimum absolute atomic E-state index is 0.113. The number of halogens is 2. The van der Waals surface area contributed by atoms with Crippen LogP contribution in [0, 0.1) is 0 Å². The zero-order valence-electron chi connectivity index (χ0n) is 15.0. The Morgan fingerprint density at radius 3 is 2.25 bits per heavy atom. The molecule has 0 aliphatic carbocycles. The van der Waals surface area contributed by atoms with Crippen molar-refractivity contribution in [1.82, 2.24) is 4.98 Å². The molecule has 1 aromatic heterocycles. The Bertz CT molecular complexity index is 1180. The van der Waals surface area contributed by atoms with E-state index in [1.807, 2.05) is 54.6 Å². The monoisotopic (exact) mass is 406 g/mol. The molecule has 1 heterocycles. The molecule has 0 radical (unpaired) electrons. The molecule has 1 N–H and O–H groups in total. The Morgan fingerprint density at radius 2 is 1.50 bits per heavy atom. The van der Waals surface area contributed by atoms with E-state index in [1.165, 1.54) is 6.92 Å². The van der Waals surface area contributed by atoms with Gasteiger partial charge in [-0.2, -0.15) is 0 Å². The maximum absolute atomic E-state index is 11.6. The van der Waals surface area contributed by atoms with Gasteiger partial charge in [-0.05, 0) is 35.2 Å². The van der Waals surface area contributed by atoms with Gasteiger partial charge in [-0.15, -0.1) is 0 Å². The van der Waals surface area contributed by atoms with E-state index < -0.39 is 0 Å². The lowest BCUT2D eigenvalue weighted by molar-refractivity contribution is -0.114. The van der Waals surface area contributed by atoms with Gasteiger partial charge in [-0.1, -0.05) is 65.7 Å². The first-order valence-corrected chi connectivity index (χ1v) is 9.51. The standard InChI is InChI=1S/C23H16Cl2N2O/c1-14(28)27-21-11-3-2-6-17(21)15-7-4-8-18-16(15)12-13-26-23(18)22-19(24)9-5-10-20(22)25/h2-13H,1H3,(H,27,28). The van der Waals surface area contributed by atoms with Crippen LogP contribution in [0.2, 0.25) is 10.0 Å². The maximum Gasteiger partial charge on any atom is 0.221 e. The van der Waals surface area contributed by atoms with Gasteiger partial charge in [0, 0.05) is 35.3 Å². The third-order valence-corrected chi connectivity index (χ3v) is 5.16. The number of nitrogens with zero attached hydrogens (tertiary/aromatic N) is 1. The Morgan fingerprint density at radius 1 is 0.821 bits per heavy atom. The molecule has 4 rings (SSSR count). The molecule has 0 unspecified atom stereocenters. The summed E-state index contributed by atoms with van der Waals surface area (Å²) >= 11 is 12.9. The number of anilines is 1. The highest BCUT2D eigenvalue weighted by Gasteiger charge is 2.16. The summed E-state index contributed by atoms with van der Waals surface area (Å²) in [5, 5.41) is 5.95. The molecule has 0 bridgehead atoms. The SMILES string of the molecule is CC(=O)Nc1ccccc1-c1cccc2c(-c3c(Cl)cccc3Cl)nccc12. The summed E-state index contributed by atoms with van der Waals surface area (Å²) in [6, 6.07) is 21.1. The predicted molar refractivity (Wildman–Crippen MR) is 117 cm³/mol. The molecule has 4 aromatic rings. The molecule has 1 amide bonds. The molecular formula is C23H16Cl2N2O. The summed E-state index contributed by atoms with van der Waals surface area (Å²) in [5.74, 6) is -0.113. The summed E-state index contributed by atoms with van der Waals surface area (Å²) in [6.45, 7) is 1.50. The minimum atomic E-state index is -0.113. The number of nitrogens with one attached hydrogen (secondary N) is 1. The van der Waals surface area contributed by atoms with Crippen LogP contribution in [0.5, 0.6) is 0 Å². The highest BCUT2D eigenvalue weighted by atomic mass is 35.5. The van der Waals surface area contributed by atoms with E-state index in [0.717, 1.165) is 33.3 Å². The third-order valence-electron chi connectivity index (χ3n) is 4.53. The van der Waals surface area contributed by atoms with E-state index in [9.17, 15) is 4.79 Å². The first-order chi connectivity index (χ1) is 13.6. The van der Waals surface area contributed by atoms with Crippen LogP contribution in [0.25, 0.3) is 33.2 Å². The van der Waals surface area contributed by atoms with E-state index in [4.69, 9.17) is 23.2 Å². The number of carbonyl (C=O) groups is 1. The first kappa shape index (κ1) is 18.5. The van der Waals surface area contributed by atoms with Crippen molar-refractivity contribution >= 4 is 45.6 Å². The van der Waals surface area contributed by atoms with Gasteiger partial charge in [0.15, 0.2) is 0 Å². The average molecular weight is 407 g/mol. The zero-order chi connectivity index (χ0) is 19.7. The second-order valence-electron chi connectivity index (χ2n) is 6.38. The lowest BCUT2D eigenvalue weighted by Crippen LogP contribution is -2.06. The van der Waals surface area contributed by atoms with E-state index in [0.29, 0.717) is 15.6 Å². The second-order valence-corrected chi connectivity index (χ2v) is 7.20. The molecule has 0 saturated heterocycles. The zero-order valence-corrected chi connectivity index (χ0v) is 16.6. The van der Waals surface area contributed by atoms with Crippen LogP contribution >= 0.6 is 23.2 Å². The van der Waals surface area contributed by atoms with Crippen molar-refractivity contribution in [2.45, 2.75) is 6.92 Å². The van der Waals surface area contributed by atoms with Crippen molar-refractivity contribution < 1.29 is 4.79 Å². The molecule has 0 aliphatic rings. The lowest BCUT2D eigenvalue weighted by Gasteiger charge is -2.15. The number of carbonyl (C=O) groups excluding carboxylic acids is 1. The van der Waals surface area contributed by atoms with Gasteiger partial charge >= 0.3 is 0 Å². The van der Waals surface area contributed by atoms with Gasteiger partial charge < -0.3 is 5.32 Å². The number of para-hydroxylation sites is 1. The van der Waals surface area contributed by atoms with Gasteiger partial charge in [0.05, 0.1) is 15.7 Å². The van der Waals surface area contributed by atoms with Crippen LogP contribution in [0.4, 0.5) is 5.69 Å². The summed E-state index contributed by atoms with van der Waals surface area (Å²) in [4.78, 5) is 16.2. The predicted octanol–water partition coefficient (Wildman–Crippen LogP) is 6.83. The Balaban J connectivity index is 1.99. The van der Waals surface area contributed by atoms with E-state index in [2.05, 4.69) is 10.3 Å². The number of pyridine rings is 1. The van der Waals surface area contributed by atoms with Crippen molar-refractivity contribution in [3.05, 3.63) is 83.0 Å². The average Bonchev–Trinajstić information content (AvgIpc) is 2.68. The van der Waals surface area contributed by atoms with E-state index in [-0.39, 0.29) is 5.91 Å². The molecule has 5 heteroatoms. The number of fused-ring (bicyclic) bond motifs is 1. The molecule has 28 heavy (non-hydrogen) atoms. The largest absolute Gasteiger partial charge is 0.326 e. The fraction of sp³-hybridized carbons (Fsp3) is 0.0435. The highest BCUT2D eigenvalue weighted by molar-refractivity contribution is 6.39. The van der Waals surface area contributed by atoms with Crippen molar-refractivity contribution in [2.75, 3.05) is 5.32 Å². The molecule has 138 valence electrons. The fourth-order valence-corrected chi connectivity index (χ4v) is 3.96. The fourth-order valence-electron chi connectivity index (χ4n) is 3.38. The lowest BCUT2D eigenvalue weighted by atomic mass is 9.95. The first-order valence-electron chi connectivity index (χ1n) is 8.75. The Hall–Kier alpha value is -2.88. The molecular weight excluding hydrogens is 391 g/mol. The smallest absolute Gasteiger partial charge is 0.221 e. The van der Waals surface area contributed by atoms with Crippen molar-refractivity contribution in [3.8, 4) is 22.4 Å². The van der Waals surface area contributed by atoms with Crippen molar-refractivity contribution in [1.29, 1.82) is 0 Å². The molecule has 3 aromatic carbocycles. The summed E-state index contributed by atoms with van der Waals surface area (Å²) in [5.41, 5.74) is 4.13. The summed E-state index contributed by atoms with van der Waals surface area (Å²) in [7, 11) is 0. The molecule has 0 aliphatic heterocycles. The third kappa shape index (κ3) is 3.35. The minimum Gasteiger partial charge on any atom is -0.326 e. The van der Waals surface area contributed by atoms with Crippen molar-refractivity contribution in [2.24, 2.45) is 0 Å². The van der Waals surface area contributed by atoms with Crippen molar-refractivity contribution in [3.63, 3.8) is 0 Å². The number of hydrogen-bond acceptors (Lipinski definition) is 2. The summed E-state index contributed by atoms with van der Waals surface area (Å²) < 4.78 is 0. The van der Waals surface area contributed by atoms with Crippen LogP contribution in [0.1, 0.15) is 6.92 Å². The number of hydrogen-bond donors (Lipinski definition) is 1. The second kappa shape index (κ2) is 7.63. The molecule has 0 spiro atoms. The quantitative estimate of drug-likeness (QED) is 0.404. The number of amides is 1. The summed E-state index contributed by atoms with van der Waals surface area (Å²) in [6.07, 6.45) is 1.75. The van der Waals surface area contributed by atoms with Crippen LogP contribution in [0.15, 0.2) is 72.9 Å². The number of benzene rings is 3. The van der Waals surface area contributed by atoms with E-state index in [1.54, 1.807) is 18.3 Å². The molecule has 0 atom stereocenters. The number of rotatable bonds is 3. The maximum atomic E-state index is 11.6. The van der Waals surface area contributed by atoms with E-state index >= 15 is 0 Å². The highest BCUT2D eigenvalue weighted by Crippen LogP contribution is 2.40. The topological polar surface area (TPSA) is 42.0 Å². The molecule has 0 fully saturated rings. The normalized spacial score (nSPS) is 10.8. The number of aromatic nitrogens is 1. The van der Waals surface area contributed by atoms with Gasteiger partial charge in [0.1, 0.15) is 0 Å². The van der Waals surface area contributed by atoms with Gasteiger partial charge in [-0.25, -0.2) is 0 Å².